The monoisotopic (exact) mass is 464 g/mol. The summed E-state index contributed by atoms with van der Waals surface area (Å²) in [7, 11) is 0. The van der Waals surface area contributed by atoms with Gasteiger partial charge in [0.1, 0.15) is 0 Å². The van der Waals surface area contributed by atoms with Crippen LogP contribution in [-0.4, -0.2) is 28.4 Å². The Balaban J connectivity index is 1.70. The van der Waals surface area contributed by atoms with Gasteiger partial charge in [-0.15, -0.1) is 11.8 Å². The molecule has 0 aliphatic rings. The number of hydrogen-bond acceptors (Lipinski definition) is 6. The summed E-state index contributed by atoms with van der Waals surface area (Å²) in [5.41, 5.74) is 7.06. The lowest BCUT2D eigenvalue weighted by Crippen LogP contribution is -2.19. The topological polar surface area (TPSA) is 144 Å². The van der Waals surface area contributed by atoms with E-state index in [9.17, 15) is 24.5 Å². The van der Waals surface area contributed by atoms with E-state index in [4.69, 9.17) is 5.73 Å². The molecule has 0 heterocycles. The van der Waals surface area contributed by atoms with E-state index in [1.54, 1.807) is 30.3 Å². The fourth-order valence-electron chi connectivity index (χ4n) is 2.98. The first-order valence-corrected chi connectivity index (χ1v) is 10.7. The number of hydrogen-bond donors (Lipinski definition) is 3. The fraction of sp³-hybridized carbons (Fsp3) is 0.0870. The van der Waals surface area contributed by atoms with E-state index in [0.717, 1.165) is 23.4 Å². The van der Waals surface area contributed by atoms with Crippen molar-refractivity contribution in [3.63, 3.8) is 0 Å². The zero-order chi connectivity index (χ0) is 24.0. The van der Waals surface area contributed by atoms with Gasteiger partial charge in [0, 0.05) is 17.3 Å². The minimum Gasteiger partial charge on any atom is -0.366 e. The highest BCUT2D eigenvalue weighted by molar-refractivity contribution is 8.00. The van der Waals surface area contributed by atoms with Gasteiger partial charge in [-0.3, -0.25) is 24.5 Å². The minimum atomic E-state index is -0.784. The molecule has 3 aromatic rings. The second kappa shape index (κ2) is 10.4. The molecule has 0 aliphatic heterocycles. The Morgan fingerprint density at radius 2 is 1.76 bits per heavy atom. The number of benzene rings is 3. The number of nitrogens with zero attached hydrogens (tertiary/aromatic N) is 1. The Morgan fingerprint density at radius 1 is 1.00 bits per heavy atom. The minimum absolute atomic E-state index is 0.00375. The van der Waals surface area contributed by atoms with Crippen molar-refractivity contribution in [2.75, 3.05) is 16.4 Å². The molecule has 0 unspecified atom stereocenters. The number of carbonyl (C=O) groups is 3. The third kappa shape index (κ3) is 6.17. The second-order valence-corrected chi connectivity index (χ2v) is 8.03. The van der Waals surface area contributed by atoms with E-state index in [1.807, 2.05) is 25.1 Å². The van der Waals surface area contributed by atoms with Crippen LogP contribution in [0.4, 0.5) is 17.1 Å². The van der Waals surface area contributed by atoms with Gasteiger partial charge < -0.3 is 16.4 Å². The summed E-state index contributed by atoms with van der Waals surface area (Å²) in [5.74, 6) is -1.77. The van der Waals surface area contributed by atoms with Crippen molar-refractivity contribution in [3.8, 4) is 0 Å². The Hall–Kier alpha value is -4.18. The smallest absolute Gasteiger partial charge is 0.283 e. The highest BCUT2D eigenvalue weighted by atomic mass is 32.2. The SMILES string of the molecule is Cc1cccc(NC(=O)c2ccccc2NC(=O)CSc2ccc(C(N)=O)cc2[N+](=O)[O-])c1. The number of nitrogens with one attached hydrogen (secondary N) is 2. The quantitative estimate of drug-likeness (QED) is 0.261. The van der Waals surface area contributed by atoms with Crippen molar-refractivity contribution >= 4 is 46.5 Å². The van der Waals surface area contributed by atoms with Crippen LogP contribution in [0.1, 0.15) is 26.3 Å². The van der Waals surface area contributed by atoms with Gasteiger partial charge in [0.05, 0.1) is 26.8 Å². The van der Waals surface area contributed by atoms with E-state index < -0.39 is 16.7 Å². The molecule has 9 nitrogen and oxygen atoms in total. The number of anilines is 2. The standard InChI is InChI=1S/C23H20N4O5S/c1-14-5-4-6-16(11-14)25-23(30)17-7-2-3-8-18(17)26-21(28)13-33-20-10-9-15(22(24)29)12-19(20)27(31)32/h2-12H,13H2,1H3,(H2,24,29)(H,25,30)(H,26,28). The molecule has 4 N–H and O–H groups in total. The molecule has 33 heavy (non-hydrogen) atoms. The molecule has 0 radical (unpaired) electrons. The number of rotatable bonds is 8. The molecule has 3 rings (SSSR count). The number of amides is 3. The molecular weight excluding hydrogens is 444 g/mol. The van der Waals surface area contributed by atoms with Gasteiger partial charge in [-0.05, 0) is 48.9 Å². The van der Waals surface area contributed by atoms with Gasteiger partial charge in [-0.1, -0.05) is 24.3 Å². The van der Waals surface area contributed by atoms with Crippen LogP contribution in [-0.2, 0) is 4.79 Å². The average Bonchev–Trinajstić information content (AvgIpc) is 2.77. The number of nitro benzene ring substituents is 1. The number of thioether (sulfide) groups is 1. The van der Waals surface area contributed by atoms with Gasteiger partial charge >= 0.3 is 0 Å². The zero-order valence-electron chi connectivity index (χ0n) is 17.5. The Morgan fingerprint density at radius 3 is 2.45 bits per heavy atom. The lowest BCUT2D eigenvalue weighted by molar-refractivity contribution is -0.387. The molecule has 0 spiro atoms. The van der Waals surface area contributed by atoms with Crippen LogP contribution in [0.3, 0.4) is 0 Å². The number of aryl methyl sites for hydroxylation is 1. The third-order valence-electron chi connectivity index (χ3n) is 4.52. The first kappa shape index (κ1) is 23.5. The number of primary amides is 1. The van der Waals surface area contributed by atoms with Crippen molar-refractivity contribution in [2.45, 2.75) is 11.8 Å². The molecule has 10 heteroatoms. The number of nitro groups is 1. The molecule has 0 atom stereocenters. The van der Waals surface area contributed by atoms with Crippen molar-refractivity contribution in [3.05, 3.63) is 93.5 Å². The Kier molecular flexibility index (Phi) is 7.42. The molecule has 0 saturated heterocycles. The normalized spacial score (nSPS) is 10.3. The van der Waals surface area contributed by atoms with E-state index >= 15 is 0 Å². The summed E-state index contributed by atoms with van der Waals surface area (Å²) >= 11 is 0.935. The summed E-state index contributed by atoms with van der Waals surface area (Å²) in [4.78, 5) is 47.4. The van der Waals surface area contributed by atoms with Crippen molar-refractivity contribution in [2.24, 2.45) is 5.73 Å². The third-order valence-corrected chi connectivity index (χ3v) is 5.58. The van der Waals surface area contributed by atoms with Crippen LogP contribution in [0.5, 0.6) is 0 Å². The molecule has 0 aliphatic carbocycles. The largest absolute Gasteiger partial charge is 0.366 e. The van der Waals surface area contributed by atoms with Gasteiger partial charge in [0.15, 0.2) is 0 Å². The predicted molar refractivity (Wildman–Crippen MR) is 127 cm³/mol. The molecule has 0 fully saturated rings. The first-order chi connectivity index (χ1) is 15.7. The van der Waals surface area contributed by atoms with Crippen LogP contribution in [0.25, 0.3) is 0 Å². The summed E-state index contributed by atoms with van der Waals surface area (Å²) in [6.45, 7) is 1.91. The molecule has 0 saturated carbocycles. The van der Waals surface area contributed by atoms with Crippen molar-refractivity contribution < 1.29 is 19.3 Å². The van der Waals surface area contributed by atoms with Crippen molar-refractivity contribution in [1.82, 2.24) is 0 Å². The maximum absolute atomic E-state index is 12.7. The first-order valence-electron chi connectivity index (χ1n) is 9.72. The van der Waals surface area contributed by atoms with E-state index in [0.29, 0.717) is 11.4 Å². The molecule has 0 bridgehead atoms. The number of nitrogens with two attached hydrogens (primary N) is 1. The molecular formula is C23H20N4O5S. The van der Waals surface area contributed by atoms with Crippen LogP contribution < -0.4 is 16.4 Å². The van der Waals surface area contributed by atoms with Gasteiger partial charge in [0.2, 0.25) is 11.8 Å². The Labute approximate surface area is 193 Å². The lowest BCUT2D eigenvalue weighted by Gasteiger charge is -2.12. The number of para-hydroxylation sites is 1. The van der Waals surface area contributed by atoms with E-state index in [1.165, 1.54) is 12.1 Å². The summed E-state index contributed by atoms with van der Waals surface area (Å²) < 4.78 is 0. The van der Waals surface area contributed by atoms with Gasteiger partial charge in [-0.2, -0.15) is 0 Å². The van der Waals surface area contributed by atoms with Crippen LogP contribution in [0.15, 0.2) is 71.6 Å². The van der Waals surface area contributed by atoms with Crippen molar-refractivity contribution in [1.29, 1.82) is 0 Å². The molecule has 3 amide bonds. The maximum Gasteiger partial charge on any atom is 0.283 e. The summed E-state index contributed by atoms with van der Waals surface area (Å²) in [6, 6.07) is 17.7. The summed E-state index contributed by atoms with van der Waals surface area (Å²) in [5, 5.41) is 16.8. The molecule has 0 aromatic heterocycles. The van der Waals surface area contributed by atoms with Gasteiger partial charge in [0.25, 0.3) is 11.6 Å². The summed E-state index contributed by atoms with van der Waals surface area (Å²) in [6.07, 6.45) is 0. The van der Waals surface area contributed by atoms with Crippen LogP contribution in [0, 0.1) is 17.0 Å². The number of carbonyl (C=O) groups excluding carboxylic acids is 3. The molecule has 3 aromatic carbocycles. The average molecular weight is 465 g/mol. The Bertz CT molecular complexity index is 1250. The maximum atomic E-state index is 12.7. The van der Waals surface area contributed by atoms with E-state index in [2.05, 4.69) is 10.6 Å². The molecule has 168 valence electrons. The fourth-order valence-corrected chi connectivity index (χ4v) is 3.78. The highest BCUT2D eigenvalue weighted by Gasteiger charge is 2.19. The zero-order valence-corrected chi connectivity index (χ0v) is 18.3. The highest BCUT2D eigenvalue weighted by Crippen LogP contribution is 2.30. The predicted octanol–water partition coefficient (Wildman–Crippen LogP) is 3.99. The van der Waals surface area contributed by atoms with E-state index in [-0.39, 0.29) is 33.4 Å². The van der Waals surface area contributed by atoms with Crippen LogP contribution >= 0.6 is 11.8 Å². The van der Waals surface area contributed by atoms with Gasteiger partial charge in [-0.25, -0.2) is 0 Å². The van der Waals surface area contributed by atoms with Crippen LogP contribution in [0.2, 0.25) is 0 Å². The lowest BCUT2D eigenvalue weighted by atomic mass is 10.1. The second-order valence-electron chi connectivity index (χ2n) is 7.01.